The first kappa shape index (κ1) is 15.1. The van der Waals surface area contributed by atoms with Gasteiger partial charge in [-0.15, -0.1) is 0 Å². The van der Waals surface area contributed by atoms with Crippen molar-refractivity contribution >= 4 is 0 Å². The van der Waals surface area contributed by atoms with Crippen LogP contribution in [0.15, 0.2) is 22.1 Å². The molecule has 0 atom stereocenters. The Morgan fingerprint density at radius 2 is 2.15 bits per heavy atom. The lowest BCUT2D eigenvalue weighted by Gasteiger charge is -2.26. The highest BCUT2D eigenvalue weighted by Gasteiger charge is 2.34. The molecular weight excluding hydrogens is 269 g/mol. The van der Waals surface area contributed by atoms with Crippen LogP contribution in [-0.2, 0) is 13.1 Å². The fourth-order valence-electron chi connectivity index (χ4n) is 2.34. The maximum atomic E-state index is 12.5. The Kier molecular flexibility index (Phi) is 4.55. The molecule has 0 radical (unpaired) electrons. The number of halogens is 3. The van der Waals surface area contributed by atoms with Gasteiger partial charge in [0.25, 0.3) is 0 Å². The molecule has 2 heterocycles. The Morgan fingerprint density at radius 3 is 2.70 bits per heavy atom. The molecule has 1 aliphatic rings. The highest BCUT2D eigenvalue weighted by Crippen LogP contribution is 2.30. The normalized spacial score (nSPS) is 17.4. The molecule has 6 heteroatoms. The zero-order chi connectivity index (χ0) is 14.8. The van der Waals surface area contributed by atoms with Gasteiger partial charge >= 0.3 is 6.18 Å². The molecule has 0 saturated heterocycles. The second-order valence-electron chi connectivity index (χ2n) is 5.06. The quantitative estimate of drug-likeness (QED) is 0.863. The first-order valence-electron chi connectivity index (χ1n) is 6.61. The SMILES string of the molecule is CNCc1oc(CN2CC=C(C(F)(F)F)CC2)cc1C. The van der Waals surface area contributed by atoms with Crippen molar-refractivity contribution in [1.82, 2.24) is 10.2 Å². The van der Waals surface area contributed by atoms with Crippen molar-refractivity contribution in [2.24, 2.45) is 0 Å². The molecule has 20 heavy (non-hydrogen) atoms. The minimum atomic E-state index is -4.19. The molecule has 112 valence electrons. The highest BCUT2D eigenvalue weighted by molar-refractivity contribution is 5.20. The third-order valence-corrected chi connectivity index (χ3v) is 3.45. The number of rotatable bonds is 4. The Balaban J connectivity index is 1.96. The van der Waals surface area contributed by atoms with Gasteiger partial charge in [0.15, 0.2) is 0 Å². The molecule has 0 amide bonds. The molecule has 1 aromatic heterocycles. The molecule has 0 aromatic carbocycles. The number of nitrogens with one attached hydrogen (secondary N) is 1. The van der Waals surface area contributed by atoms with Crippen molar-refractivity contribution in [2.75, 3.05) is 20.1 Å². The molecule has 3 nitrogen and oxygen atoms in total. The van der Waals surface area contributed by atoms with Gasteiger partial charge in [-0.2, -0.15) is 13.2 Å². The van der Waals surface area contributed by atoms with E-state index in [1.165, 1.54) is 6.08 Å². The summed E-state index contributed by atoms with van der Waals surface area (Å²) in [5.41, 5.74) is 0.651. The summed E-state index contributed by atoms with van der Waals surface area (Å²) in [6.45, 7) is 3.90. The van der Waals surface area contributed by atoms with E-state index >= 15 is 0 Å². The Labute approximate surface area is 116 Å². The largest absolute Gasteiger partial charge is 0.463 e. The van der Waals surface area contributed by atoms with Gasteiger partial charge in [-0.25, -0.2) is 0 Å². The lowest BCUT2D eigenvalue weighted by molar-refractivity contribution is -0.0961. The summed E-state index contributed by atoms with van der Waals surface area (Å²) in [6.07, 6.45) is -2.87. The molecule has 0 spiro atoms. The van der Waals surface area contributed by atoms with Gasteiger partial charge in [0.1, 0.15) is 11.5 Å². The van der Waals surface area contributed by atoms with Crippen molar-refractivity contribution < 1.29 is 17.6 Å². The van der Waals surface area contributed by atoms with Crippen LogP contribution in [0.1, 0.15) is 23.5 Å². The first-order valence-corrected chi connectivity index (χ1v) is 6.61. The van der Waals surface area contributed by atoms with Crippen molar-refractivity contribution in [3.8, 4) is 0 Å². The fraction of sp³-hybridized carbons (Fsp3) is 0.571. The second-order valence-corrected chi connectivity index (χ2v) is 5.06. The van der Waals surface area contributed by atoms with E-state index < -0.39 is 11.7 Å². The predicted octanol–water partition coefficient (Wildman–Crippen LogP) is 3.00. The Morgan fingerprint density at radius 1 is 1.40 bits per heavy atom. The molecule has 0 saturated carbocycles. The van der Waals surface area contributed by atoms with Crippen LogP contribution in [0, 0.1) is 6.92 Å². The van der Waals surface area contributed by atoms with E-state index in [1.54, 1.807) is 0 Å². The summed E-state index contributed by atoms with van der Waals surface area (Å²) < 4.78 is 43.3. The third kappa shape index (κ3) is 3.64. The number of hydrogen-bond acceptors (Lipinski definition) is 3. The molecule has 2 rings (SSSR count). The molecule has 1 N–H and O–H groups in total. The van der Waals surface area contributed by atoms with Crippen molar-refractivity contribution in [1.29, 1.82) is 0 Å². The average molecular weight is 288 g/mol. The summed E-state index contributed by atoms with van der Waals surface area (Å²) in [7, 11) is 1.84. The van der Waals surface area contributed by atoms with Gasteiger partial charge in [0.2, 0.25) is 0 Å². The van der Waals surface area contributed by atoms with Crippen molar-refractivity contribution in [2.45, 2.75) is 32.6 Å². The van der Waals surface area contributed by atoms with Gasteiger partial charge < -0.3 is 9.73 Å². The molecule has 0 unspecified atom stereocenters. The van der Waals surface area contributed by atoms with E-state index in [-0.39, 0.29) is 6.42 Å². The van der Waals surface area contributed by atoms with Crippen LogP contribution in [0.5, 0.6) is 0 Å². The average Bonchev–Trinajstić information content (AvgIpc) is 2.70. The molecule has 0 aliphatic carbocycles. The van der Waals surface area contributed by atoms with Gasteiger partial charge in [0, 0.05) is 18.7 Å². The number of alkyl halides is 3. The number of hydrogen-bond donors (Lipinski definition) is 1. The summed E-state index contributed by atoms with van der Waals surface area (Å²) in [6, 6.07) is 1.95. The van der Waals surface area contributed by atoms with Crippen LogP contribution in [0.2, 0.25) is 0 Å². The highest BCUT2D eigenvalue weighted by atomic mass is 19.4. The number of furan rings is 1. The van der Waals surface area contributed by atoms with Gasteiger partial charge in [-0.05, 0) is 32.0 Å². The topological polar surface area (TPSA) is 28.4 Å². The summed E-state index contributed by atoms with van der Waals surface area (Å²) >= 11 is 0. The predicted molar refractivity (Wildman–Crippen MR) is 70.2 cm³/mol. The van der Waals surface area contributed by atoms with E-state index in [0.29, 0.717) is 26.2 Å². The molecule has 1 aliphatic heterocycles. The lowest BCUT2D eigenvalue weighted by Crippen LogP contribution is -2.31. The van der Waals surface area contributed by atoms with E-state index in [1.807, 2.05) is 24.9 Å². The van der Waals surface area contributed by atoms with Crippen LogP contribution < -0.4 is 5.32 Å². The van der Waals surface area contributed by atoms with Crippen LogP contribution in [-0.4, -0.2) is 31.2 Å². The standard InChI is InChI=1S/C14H19F3N2O/c1-10-7-12(20-13(10)8-18-2)9-19-5-3-11(4-6-19)14(15,16)17/h3,7,18H,4-6,8-9H2,1-2H3. The third-order valence-electron chi connectivity index (χ3n) is 3.45. The first-order chi connectivity index (χ1) is 9.40. The maximum Gasteiger partial charge on any atom is 0.412 e. The smallest absolute Gasteiger partial charge is 0.412 e. The number of aryl methyl sites for hydroxylation is 1. The van der Waals surface area contributed by atoms with Crippen LogP contribution in [0.25, 0.3) is 0 Å². The van der Waals surface area contributed by atoms with E-state index in [0.717, 1.165) is 17.1 Å². The molecule has 0 bridgehead atoms. The minimum Gasteiger partial charge on any atom is -0.463 e. The van der Waals surface area contributed by atoms with Gasteiger partial charge in [0.05, 0.1) is 13.1 Å². The zero-order valence-corrected chi connectivity index (χ0v) is 11.7. The zero-order valence-electron chi connectivity index (χ0n) is 11.7. The molecule has 1 aromatic rings. The van der Waals surface area contributed by atoms with Crippen LogP contribution in [0.3, 0.4) is 0 Å². The summed E-state index contributed by atoms with van der Waals surface area (Å²) in [5.74, 6) is 1.68. The van der Waals surface area contributed by atoms with E-state index in [4.69, 9.17) is 4.42 Å². The van der Waals surface area contributed by atoms with Crippen LogP contribution >= 0.6 is 0 Å². The van der Waals surface area contributed by atoms with Gasteiger partial charge in [-0.3, -0.25) is 4.90 Å². The monoisotopic (exact) mass is 288 g/mol. The Hall–Kier alpha value is -1.27. The van der Waals surface area contributed by atoms with Gasteiger partial charge in [-0.1, -0.05) is 6.08 Å². The Bertz CT molecular complexity index is 491. The van der Waals surface area contributed by atoms with Crippen LogP contribution in [0.4, 0.5) is 13.2 Å². The molecular formula is C14H19F3N2O. The molecule has 0 fully saturated rings. The van der Waals surface area contributed by atoms with Crippen molar-refractivity contribution in [3.05, 3.63) is 34.8 Å². The second kappa shape index (κ2) is 6.01. The fourth-order valence-corrected chi connectivity index (χ4v) is 2.34. The van der Waals surface area contributed by atoms with E-state index in [9.17, 15) is 13.2 Å². The summed E-state index contributed by atoms with van der Waals surface area (Å²) in [4.78, 5) is 1.96. The number of nitrogens with zero attached hydrogens (tertiary/aromatic N) is 1. The summed E-state index contributed by atoms with van der Waals surface area (Å²) in [5, 5.41) is 3.02. The van der Waals surface area contributed by atoms with E-state index in [2.05, 4.69) is 5.32 Å². The lowest BCUT2D eigenvalue weighted by atomic mass is 10.1. The minimum absolute atomic E-state index is 0.0482. The van der Waals surface area contributed by atoms with Crippen molar-refractivity contribution in [3.63, 3.8) is 0 Å². The maximum absolute atomic E-state index is 12.5.